The lowest BCUT2D eigenvalue weighted by Gasteiger charge is -2.26. The lowest BCUT2D eigenvalue weighted by molar-refractivity contribution is -0.00703. The Morgan fingerprint density at radius 1 is 1.19 bits per heavy atom. The van der Waals surface area contributed by atoms with Crippen LogP contribution in [0.4, 0.5) is 0 Å². The first kappa shape index (κ1) is 16.7. The van der Waals surface area contributed by atoms with E-state index in [1.807, 2.05) is 38.1 Å². The van der Waals surface area contributed by atoms with Gasteiger partial charge in [-0.15, -0.1) is 0 Å². The van der Waals surface area contributed by atoms with Gasteiger partial charge in [0, 0.05) is 12.0 Å². The fraction of sp³-hybridized carbons (Fsp3) is 0.368. The maximum absolute atomic E-state index is 13.3. The number of fused-ring (bicyclic) bond motifs is 1. The SMILES string of the molecule is C[C@@H]1Cc2c(C(=O)N(Cc3ccco3)Cc3ccco3)n[nH]c2[C@H](C)O1. The van der Waals surface area contributed by atoms with Gasteiger partial charge in [0.25, 0.3) is 5.91 Å². The van der Waals surface area contributed by atoms with Gasteiger partial charge in [0.2, 0.25) is 0 Å². The van der Waals surface area contributed by atoms with E-state index in [0.717, 1.165) is 11.3 Å². The van der Waals surface area contributed by atoms with Gasteiger partial charge >= 0.3 is 0 Å². The number of rotatable bonds is 5. The Bertz CT molecular complexity index is 831. The number of aromatic nitrogens is 2. The molecule has 1 aliphatic heterocycles. The van der Waals surface area contributed by atoms with Gasteiger partial charge in [0.15, 0.2) is 5.69 Å². The quantitative estimate of drug-likeness (QED) is 0.758. The van der Waals surface area contributed by atoms with Crippen LogP contribution in [0.1, 0.15) is 53.2 Å². The molecule has 0 unspecified atom stereocenters. The third-order valence-corrected chi connectivity index (χ3v) is 4.58. The Kier molecular flexibility index (Phi) is 4.38. The molecule has 0 fully saturated rings. The molecule has 4 heterocycles. The normalized spacial score (nSPS) is 19.3. The minimum atomic E-state index is -0.156. The van der Waals surface area contributed by atoms with Crippen molar-refractivity contribution in [3.63, 3.8) is 0 Å². The number of amides is 1. The first-order valence-electron chi connectivity index (χ1n) is 8.68. The van der Waals surface area contributed by atoms with Crippen molar-refractivity contribution < 1.29 is 18.4 Å². The summed E-state index contributed by atoms with van der Waals surface area (Å²) in [5.41, 5.74) is 2.26. The van der Waals surface area contributed by atoms with Crippen LogP contribution in [-0.2, 0) is 24.2 Å². The lowest BCUT2D eigenvalue weighted by atomic mass is 9.99. The van der Waals surface area contributed by atoms with Crippen LogP contribution in [0.3, 0.4) is 0 Å². The van der Waals surface area contributed by atoms with Crippen LogP contribution in [0.5, 0.6) is 0 Å². The summed E-state index contributed by atoms with van der Waals surface area (Å²) < 4.78 is 16.7. The zero-order chi connectivity index (χ0) is 18.1. The van der Waals surface area contributed by atoms with E-state index in [4.69, 9.17) is 13.6 Å². The molecule has 0 saturated carbocycles. The van der Waals surface area contributed by atoms with Crippen molar-refractivity contribution in [2.24, 2.45) is 0 Å². The van der Waals surface area contributed by atoms with E-state index in [2.05, 4.69) is 10.2 Å². The van der Waals surface area contributed by atoms with E-state index in [9.17, 15) is 4.79 Å². The van der Waals surface area contributed by atoms with E-state index >= 15 is 0 Å². The summed E-state index contributed by atoms with van der Waals surface area (Å²) in [6.07, 6.45) is 3.80. The van der Waals surface area contributed by atoms with Gasteiger partial charge in [0.05, 0.1) is 43.5 Å². The monoisotopic (exact) mass is 355 g/mol. The Morgan fingerprint density at radius 2 is 1.85 bits per heavy atom. The highest BCUT2D eigenvalue weighted by Gasteiger charge is 2.31. The van der Waals surface area contributed by atoms with E-state index < -0.39 is 0 Å². The standard InChI is InChI=1S/C19H21N3O4/c1-12-9-16-17(13(2)26-12)20-21-18(16)19(23)22(10-14-5-3-7-24-14)11-15-6-4-8-25-15/h3-8,12-13H,9-11H2,1-2H3,(H,20,21)/t12-,13+/m1/s1. The van der Waals surface area contributed by atoms with Gasteiger partial charge in [-0.05, 0) is 38.1 Å². The van der Waals surface area contributed by atoms with E-state index in [0.29, 0.717) is 36.7 Å². The topological polar surface area (TPSA) is 84.5 Å². The molecule has 136 valence electrons. The number of aromatic amines is 1. The summed E-state index contributed by atoms with van der Waals surface area (Å²) >= 11 is 0. The molecule has 0 bridgehead atoms. The summed E-state index contributed by atoms with van der Waals surface area (Å²) in [4.78, 5) is 14.9. The number of ether oxygens (including phenoxy) is 1. The van der Waals surface area contributed by atoms with Crippen molar-refractivity contribution in [2.45, 2.75) is 45.6 Å². The van der Waals surface area contributed by atoms with Crippen molar-refractivity contribution in [1.29, 1.82) is 0 Å². The zero-order valence-corrected chi connectivity index (χ0v) is 14.8. The van der Waals surface area contributed by atoms with Gasteiger partial charge in [-0.2, -0.15) is 5.10 Å². The van der Waals surface area contributed by atoms with Gasteiger partial charge < -0.3 is 18.5 Å². The Hall–Kier alpha value is -2.80. The van der Waals surface area contributed by atoms with Crippen LogP contribution in [0.25, 0.3) is 0 Å². The van der Waals surface area contributed by atoms with Crippen molar-refractivity contribution in [3.05, 3.63) is 65.3 Å². The number of H-pyrrole nitrogens is 1. The number of carbonyl (C=O) groups excluding carboxylic acids is 1. The van der Waals surface area contributed by atoms with Crippen LogP contribution < -0.4 is 0 Å². The largest absolute Gasteiger partial charge is 0.467 e. The predicted molar refractivity (Wildman–Crippen MR) is 92.2 cm³/mol. The van der Waals surface area contributed by atoms with Crippen LogP contribution in [0, 0.1) is 0 Å². The van der Waals surface area contributed by atoms with Gasteiger partial charge in [-0.1, -0.05) is 0 Å². The molecule has 1 amide bonds. The molecule has 0 aromatic carbocycles. The van der Waals surface area contributed by atoms with Crippen LogP contribution >= 0.6 is 0 Å². The number of nitrogens with one attached hydrogen (secondary N) is 1. The molecule has 0 aliphatic carbocycles. The van der Waals surface area contributed by atoms with Crippen molar-refractivity contribution in [2.75, 3.05) is 0 Å². The molecule has 1 N–H and O–H groups in total. The summed E-state index contributed by atoms with van der Waals surface area (Å²) in [6.45, 7) is 4.65. The van der Waals surface area contributed by atoms with Crippen molar-refractivity contribution in [1.82, 2.24) is 15.1 Å². The average molecular weight is 355 g/mol. The molecule has 7 heteroatoms. The number of furan rings is 2. The molecular weight excluding hydrogens is 334 g/mol. The van der Waals surface area contributed by atoms with Crippen LogP contribution in [0.15, 0.2) is 45.6 Å². The molecule has 0 saturated heterocycles. The average Bonchev–Trinajstić information content (AvgIpc) is 3.35. The number of hydrogen-bond acceptors (Lipinski definition) is 5. The molecule has 3 aromatic heterocycles. The van der Waals surface area contributed by atoms with Crippen molar-refractivity contribution >= 4 is 5.91 Å². The highest BCUT2D eigenvalue weighted by atomic mass is 16.5. The molecule has 26 heavy (non-hydrogen) atoms. The number of carbonyl (C=O) groups is 1. The first-order valence-corrected chi connectivity index (χ1v) is 8.68. The van der Waals surface area contributed by atoms with Crippen LogP contribution in [0.2, 0.25) is 0 Å². The molecular formula is C19H21N3O4. The molecule has 0 spiro atoms. The van der Waals surface area contributed by atoms with Gasteiger partial charge in [0.1, 0.15) is 11.5 Å². The zero-order valence-electron chi connectivity index (χ0n) is 14.8. The molecule has 4 rings (SSSR count). The summed E-state index contributed by atoms with van der Waals surface area (Å²) in [6, 6.07) is 7.31. The minimum Gasteiger partial charge on any atom is -0.467 e. The van der Waals surface area contributed by atoms with Gasteiger partial charge in [-0.25, -0.2) is 0 Å². The molecule has 3 aromatic rings. The number of nitrogens with zero attached hydrogens (tertiary/aromatic N) is 2. The fourth-order valence-electron chi connectivity index (χ4n) is 3.38. The predicted octanol–water partition coefficient (Wildman–Crippen LogP) is 3.46. The molecule has 2 atom stereocenters. The van der Waals surface area contributed by atoms with Crippen molar-refractivity contribution in [3.8, 4) is 0 Å². The Morgan fingerprint density at radius 3 is 2.42 bits per heavy atom. The molecule has 0 radical (unpaired) electrons. The minimum absolute atomic E-state index is 0.0465. The number of hydrogen-bond donors (Lipinski definition) is 1. The molecule has 1 aliphatic rings. The third-order valence-electron chi connectivity index (χ3n) is 4.58. The second-order valence-corrected chi connectivity index (χ2v) is 6.58. The van der Waals surface area contributed by atoms with E-state index in [1.54, 1.807) is 17.4 Å². The Labute approximate surface area is 150 Å². The lowest BCUT2D eigenvalue weighted by Crippen LogP contribution is -2.32. The maximum Gasteiger partial charge on any atom is 0.275 e. The first-order chi connectivity index (χ1) is 12.6. The highest BCUT2D eigenvalue weighted by Crippen LogP contribution is 2.31. The summed E-state index contributed by atoms with van der Waals surface area (Å²) in [5.74, 6) is 1.26. The summed E-state index contributed by atoms with van der Waals surface area (Å²) in [7, 11) is 0. The second-order valence-electron chi connectivity index (χ2n) is 6.58. The van der Waals surface area contributed by atoms with E-state index in [-0.39, 0.29) is 18.1 Å². The highest BCUT2D eigenvalue weighted by molar-refractivity contribution is 5.94. The Balaban J connectivity index is 1.64. The van der Waals surface area contributed by atoms with Crippen LogP contribution in [-0.4, -0.2) is 27.1 Å². The third kappa shape index (κ3) is 3.17. The second kappa shape index (κ2) is 6.84. The smallest absolute Gasteiger partial charge is 0.275 e. The maximum atomic E-state index is 13.3. The summed E-state index contributed by atoms with van der Waals surface area (Å²) in [5, 5.41) is 7.29. The fourth-order valence-corrected chi connectivity index (χ4v) is 3.38. The van der Waals surface area contributed by atoms with Gasteiger partial charge in [-0.3, -0.25) is 9.89 Å². The van der Waals surface area contributed by atoms with E-state index in [1.165, 1.54) is 0 Å². The molecule has 7 nitrogen and oxygen atoms in total.